The van der Waals surface area contributed by atoms with Gasteiger partial charge in [-0.2, -0.15) is 0 Å². The van der Waals surface area contributed by atoms with Crippen LogP contribution in [0.25, 0.3) is 0 Å². The lowest BCUT2D eigenvalue weighted by atomic mass is 9.97. The highest BCUT2D eigenvalue weighted by molar-refractivity contribution is 7.99. The summed E-state index contributed by atoms with van der Waals surface area (Å²) in [5.74, 6) is -4.42. The van der Waals surface area contributed by atoms with Crippen LogP contribution in [-0.2, 0) is 118 Å². The predicted octanol–water partition coefficient (Wildman–Crippen LogP) is -0.156. The topological polar surface area (TPSA) is 289 Å². The molecule has 66 heavy (non-hydrogen) atoms. The Morgan fingerprint density at radius 1 is 0.545 bits per heavy atom. The van der Waals surface area contributed by atoms with Gasteiger partial charge in [0.25, 0.3) is 0 Å². The first-order valence-corrected chi connectivity index (χ1v) is 21.9. The first-order chi connectivity index (χ1) is 31.5. The summed E-state index contributed by atoms with van der Waals surface area (Å²) < 4.78 is 84.7. The summed E-state index contributed by atoms with van der Waals surface area (Å²) in [4.78, 5) is 83.4. The molecule has 3 heterocycles. The van der Waals surface area contributed by atoms with Gasteiger partial charge in [0.2, 0.25) is 0 Å². The summed E-state index contributed by atoms with van der Waals surface area (Å²) in [6.45, 7) is 10.5. The third-order valence-electron chi connectivity index (χ3n) is 8.98. The van der Waals surface area contributed by atoms with Crippen LogP contribution in [0.1, 0.15) is 54.2 Å². The van der Waals surface area contributed by atoms with Crippen LogP contribution in [-0.4, -0.2) is 196 Å². The van der Waals surface area contributed by atoms with Crippen LogP contribution < -0.4 is 0 Å². The minimum atomic E-state index is -1.24. The van der Waals surface area contributed by atoms with Crippen molar-refractivity contribution in [3.8, 4) is 0 Å². The molecule has 1 aromatic rings. The zero-order valence-electron chi connectivity index (χ0n) is 38.3. The normalized spacial score (nSPS) is 25.0. The Labute approximate surface area is 385 Å². The highest BCUT2D eigenvalue weighted by atomic mass is 32.2. The van der Waals surface area contributed by atoms with E-state index in [1.165, 1.54) is 64.4 Å². The van der Waals surface area contributed by atoms with Gasteiger partial charge in [-0.3, -0.25) is 33.6 Å². The number of rotatable bonds is 29. The zero-order valence-corrected chi connectivity index (χ0v) is 39.1. The number of hydrogen-bond donors (Lipinski definition) is 0. The number of carbonyl (C=O) groups excluding carboxylic acids is 7. The molecule has 2 fully saturated rings. The smallest absolute Gasteiger partial charge is 0.303 e. The Morgan fingerprint density at radius 2 is 0.985 bits per heavy atom. The number of esters is 7. The summed E-state index contributed by atoms with van der Waals surface area (Å²) in [5, 5.41) is 8.04. The molecule has 0 saturated carbocycles. The summed E-state index contributed by atoms with van der Waals surface area (Å²) in [6, 6.07) is 0. The van der Waals surface area contributed by atoms with E-state index in [0.29, 0.717) is 37.9 Å². The van der Waals surface area contributed by atoms with E-state index < -0.39 is 102 Å². The maximum Gasteiger partial charge on any atom is 0.303 e. The van der Waals surface area contributed by atoms with Crippen LogP contribution in [0.2, 0.25) is 0 Å². The van der Waals surface area contributed by atoms with Crippen molar-refractivity contribution in [3.05, 3.63) is 11.9 Å². The SMILES string of the molecule is CO[C@H]1O[C@H](Cn2nncc2COCCOCCOCCOCCOCCS[C@@H]2O[C@H](COC(C)=O)[C@H](OC(C)=O)[C@H](OC(C)=O)[C@H]2OC(C)=O)[C@@H](OC(C)=O)[C@H](OC(C)=O)[C@H]1OC(C)=O. The first-order valence-electron chi connectivity index (χ1n) is 20.9. The maximum atomic E-state index is 12.1. The van der Waals surface area contributed by atoms with Gasteiger partial charge in [-0.05, 0) is 0 Å². The molecule has 3 rings (SSSR count). The minimum Gasteiger partial charge on any atom is -0.463 e. The Kier molecular flexibility index (Phi) is 25.3. The fourth-order valence-electron chi connectivity index (χ4n) is 6.51. The molecule has 2 aliphatic rings. The number of methoxy groups -OCH3 is 1. The summed E-state index contributed by atoms with van der Waals surface area (Å²) >= 11 is 1.21. The molecule has 0 unspecified atom stereocenters. The van der Waals surface area contributed by atoms with Crippen LogP contribution >= 0.6 is 11.8 Å². The highest BCUT2D eigenvalue weighted by Crippen LogP contribution is 2.35. The Bertz CT molecular complexity index is 1700. The molecule has 25 nitrogen and oxygen atoms in total. The quantitative estimate of drug-likeness (QED) is 0.0573. The molecular formula is C40H61N3O22S. The number of ether oxygens (including phenoxy) is 15. The number of hydrogen-bond acceptors (Lipinski definition) is 25. The largest absolute Gasteiger partial charge is 0.463 e. The fraction of sp³-hybridized carbons (Fsp3) is 0.775. The van der Waals surface area contributed by atoms with Crippen molar-refractivity contribution in [3.63, 3.8) is 0 Å². The monoisotopic (exact) mass is 967 g/mol. The van der Waals surface area contributed by atoms with E-state index in [9.17, 15) is 33.6 Å². The van der Waals surface area contributed by atoms with E-state index in [1.54, 1.807) is 0 Å². The van der Waals surface area contributed by atoms with Crippen molar-refractivity contribution < 1.29 is 105 Å². The average molecular weight is 968 g/mol. The lowest BCUT2D eigenvalue weighted by Gasteiger charge is -2.44. The number of carbonyl (C=O) groups is 7. The van der Waals surface area contributed by atoms with Crippen LogP contribution in [0.15, 0.2) is 6.20 Å². The molecule has 10 atom stereocenters. The van der Waals surface area contributed by atoms with Crippen molar-refractivity contribution in [1.29, 1.82) is 0 Å². The van der Waals surface area contributed by atoms with Gasteiger partial charge < -0.3 is 71.1 Å². The van der Waals surface area contributed by atoms with Crippen molar-refractivity contribution in [1.82, 2.24) is 15.0 Å². The van der Waals surface area contributed by atoms with Gasteiger partial charge >= 0.3 is 41.8 Å². The number of aromatic nitrogens is 3. The molecule has 2 aliphatic heterocycles. The van der Waals surface area contributed by atoms with Crippen molar-refractivity contribution in [2.45, 2.75) is 122 Å². The molecule has 26 heteroatoms. The van der Waals surface area contributed by atoms with Crippen LogP contribution in [0, 0.1) is 0 Å². The molecule has 2 saturated heterocycles. The zero-order chi connectivity index (χ0) is 48.6. The molecule has 0 spiro atoms. The lowest BCUT2D eigenvalue weighted by Crippen LogP contribution is -2.62. The Morgan fingerprint density at radius 3 is 1.48 bits per heavy atom. The van der Waals surface area contributed by atoms with Gasteiger partial charge in [0.1, 0.15) is 24.3 Å². The van der Waals surface area contributed by atoms with Gasteiger partial charge in [0, 0.05) is 61.3 Å². The standard InChI is InChI=1S/C40H61N3O22S/c1-23(44)57-22-32-34(59-25(3)46)36(61-27(5)48)38(63-29(7)50)40(65-32)66-18-17-55-14-13-53-10-9-52-11-12-54-15-16-56-21-30-19-41-42-43(30)20-31-33(58-24(2)45)35(60-26(4)47)37(62-28(6)49)39(51-8)64-31/h19,31-40H,9-18,20-22H2,1-8H3/t31-,32-,33-,34+,35+,36+,37-,38-,39+,40+/m1/s1. The van der Waals surface area contributed by atoms with Gasteiger partial charge in [-0.15, -0.1) is 16.9 Å². The molecule has 0 aromatic carbocycles. The van der Waals surface area contributed by atoms with E-state index >= 15 is 0 Å². The Balaban J connectivity index is 1.31. The highest BCUT2D eigenvalue weighted by Gasteiger charge is 2.53. The molecule has 0 amide bonds. The summed E-state index contributed by atoms with van der Waals surface area (Å²) in [5.41, 5.74) is -0.342. The first kappa shape index (κ1) is 55.8. The third-order valence-corrected chi connectivity index (χ3v) is 10.1. The number of nitrogens with zero attached hydrogens (tertiary/aromatic N) is 3. The van der Waals surface area contributed by atoms with Gasteiger partial charge in [-0.25, -0.2) is 4.68 Å². The Hall–Kier alpha value is -4.54. The van der Waals surface area contributed by atoms with Gasteiger partial charge in [0.05, 0.1) is 84.5 Å². The second-order valence-corrected chi connectivity index (χ2v) is 15.6. The molecule has 0 bridgehead atoms. The lowest BCUT2D eigenvalue weighted by molar-refractivity contribution is -0.300. The summed E-state index contributed by atoms with van der Waals surface area (Å²) in [7, 11) is 1.32. The molecule has 0 aliphatic carbocycles. The van der Waals surface area contributed by atoms with Crippen LogP contribution in [0.4, 0.5) is 0 Å². The van der Waals surface area contributed by atoms with Crippen molar-refractivity contribution >= 4 is 53.5 Å². The predicted molar refractivity (Wildman–Crippen MR) is 220 cm³/mol. The minimum absolute atomic E-state index is 0.0196. The second-order valence-electron chi connectivity index (χ2n) is 14.3. The second kappa shape index (κ2) is 30.0. The third kappa shape index (κ3) is 20.1. The molecule has 1 aromatic heterocycles. The fourth-order valence-corrected chi connectivity index (χ4v) is 7.58. The van der Waals surface area contributed by atoms with E-state index in [1.807, 2.05) is 0 Å². The van der Waals surface area contributed by atoms with Crippen molar-refractivity contribution in [2.75, 3.05) is 78.9 Å². The van der Waals surface area contributed by atoms with E-state index in [2.05, 4.69) is 10.3 Å². The molecule has 0 radical (unpaired) electrons. The molecular weight excluding hydrogens is 907 g/mol. The van der Waals surface area contributed by atoms with Crippen molar-refractivity contribution in [2.24, 2.45) is 0 Å². The van der Waals surface area contributed by atoms with Gasteiger partial charge in [-0.1, -0.05) is 5.21 Å². The van der Waals surface area contributed by atoms with Crippen LogP contribution in [0.5, 0.6) is 0 Å². The molecule has 0 N–H and O–H groups in total. The summed E-state index contributed by atoms with van der Waals surface area (Å²) in [6.07, 6.45) is -8.94. The maximum absolute atomic E-state index is 12.1. The van der Waals surface area contributed by atoms with E-state index in [0.717, 1.165) is 13.8 Å². The molecule has 374 valence electrons. The van der Waals surface area contributed by atoms with Crippen LogP contribution in [0.3, 0.4) is 0 Å². The van der Waals surface area contributed by atoms with E-state index in [4.69, 9.17) is 71.1 Å². The van der Waals surface area contributed by atoms with E-state index in [-0.39, 0.29) is 52.8 Å². The average Bonchev–Trinajstić information content (AvgIpc) is 3.67. The van der Waals surface area contributed by atoms with Gasteiger partial charge in [0.15, 0.2) is 42.9 Å². The number of thioether (sulfide) groups is 1.